The standard InChI is InChI=1S/C22H25BrN4O4/c1-21(2,3)31-20(29)26-18-12-30-13-22(4,27-18)14-6-5-7-16(10-14)25-19(28)17-9-8-15(23)11-24-17/h5-11H,12-13H2,1-4H3,(H,25,28)(H,26,27,29)/t22-/m0/s1. The molecule has 0 bridgehead atoms. The van der Waals surface area contributed by atoms with E-state index in [2.05, 4.69) is 31.5 Å². The molecule has 1 aromatic carbocycles. The highest BCUT2D eigenvalue weighted by molar-refractivity contribution is 9.10. The molecule has 1 atom stereocenters. The fourth-order valence-electron chi connectivity index (χ4n) is 2.98. The Morgan fingerprint density at radius 2 is 1.97 bits per heavy atom. The molecule has 0 saturated heterocycles. The number of halogens is 1. The Morgan fingerprint density at radius 1 is 1.19 bits per heavy atom. The van der Waals surface area contributed by atoms with Crippen molar-refractivity contribution in [2.24, 2.45) is 4.99 Å². The predicted octanol–water partition coefficient (Wildman–Crippen LogP) is 4.27. The van der Waals surface area contributed by atoms with E-state index in [-0.39, 0.29) is 12.5 Å². The molecule has 0 saturated carbocycles. The van der Waals surface area contributed by atoms with Crippen molar-refractivity contribution in [3.8, 4) is 0 Å². The zero-order chi connectivity index (χ0) is 22.6. The number of nitrogens with one attached hydrogen (secondary N) is 2. The van der Waals surface area contributed by atoms with Crippen LogP contribution in [0.25, 0.3) is 0 Å². The molecule has 9 heteroatoms. The number of hydrogen-bond acceptors (Lipinski definition) is 6. The van der Waals surface area contributed by atoms with Gasteiger partial charge in [-0.15, -0.1) is 0 Å². The molecule has 8 nitrogen and oxygen atoms in total. The lowest BCUT2D eigenvalue weighted by Gasteiger charge is -2.31. The summed E-state index contributed by atoms with van der Waals surface area (Å²) >= 11 is 3.30. The first-order valence-electron chi connectivity index (χ1n) is 9.74. The molecule has 2 N–H and O–H groups in total. The van der Waals surface area contributed by atoms with E-state index in [1.165, 1.54) is 0 Å². The molecule has 1 aromatic heterocycles. The SMILES string of the molecule is CC(C)(C)OC(=O)NC1=N[C@](C)(c2cccc(NC(=O)c3ccc(Br)cn3)c2)COC1. The van der Waals surface area contributed by atoms with E-state index >= 15 is 0 Å². The normalized spacial score (nSPS) is 18.7. The number of carbonyl (C=O) groups is 2. The molecule has 2 aromatic rings. The summed E-state index contributed by atoms with van der Waals surface area (Å²) in [6, 6.07) is 10.7. The quantitative estimate of drug-likeness (QED) is 0.671. The van der Waals surface area contributed by atoms with Crippen LogP contribution in [0.2, 0.25) is 0 Å². The number of anilines is 1. The minimum Gasteiger partial charge on any atom is -0.444 e. The van der Waals surface area contributed by atoms with Gasteiger partial charge < -0.3 is 14.8 Å². The van der Waals surface area contributed by atoms with Crippen LogP contribution in [0.4, 0.5) is 10.5 Å². The molecular weight excluding hydrogens is 464 g/mol. The Labute approximate surface area is 189 Å². The summed E-state index contributed by atoms with van der Waals surface area (Å²) in [6.45, 7) is 7.79. The summed E-state index contributed by atoms with van der Waals surface area (Å²) in [6.07, 6.45) is 0.988. The third kappa shape index (κ3) is 6.35. The number of ether oxygens (including phenoxy) is 2. The molecular formula is C22H25BrN4O4. The van der Waals surface area contributed by atoms with E-state index in [9.17, 15) is 9.59 Å². The van der Waals surface area contributed by atoms with Crippen molar-refractivity contribution in [2.75, 3.05) is 18.5 Å². The topological polar surface area (TPSA) is 102 Å². The van der Waals surface area contributed by atoms with Crippen LogP contribution in [-0.4, -0.2) is 41.6 Å². The zero-order valence-corrected chi connectivity index (χ0v) is 19.4. The summed E-state index contributed by atoms with van der Waals surface area (Å²) in [5.41, 5.74) is 0.398. The second-order valence-electron chi connectivity index (χ2n) is 8.35. The fraction of sp³-hybridized carbons (Fsp3) is 0.364. The van der Waals surface area contributed by atoms with Gasteiger partial charge in [0.2, 0.25) is 0 Å². The monoisotopic (exact) mass is 488 g/mol. The van der Waals surface area contributed by atoms with Gasteiger partial charge in [0.25, 0.3) is 5.91 Å². The molecule has 0 spiro atoms. The van der Waals surface area contributed by atoms with Gasteiger partial charge in [-0.05, 0) is 73.5 Å². The number of carbonyl (C=O) groups excluding carboxylic acids is 2. The average Bonchev–Trinajstić information content (AvgIpc) is 2.67. The molecule has 2 heterocycles. The first-order chi connectivity index (χ1) is 14.5. The predicted molar refractivity (Wildman–Crippen MR) is 121 cm³/mol. The van der Waals surface area contributed by atoms with E-state index < -0.39 is 17.2 Å². The maximum absolute atomic E-state index is 12.5. The van der Waals surface area contributed by atoms with Crippen LogP contribution in [0.3, 0.4) is 0 Å². The summed E-state index contributed by atoms with van der Waals surface area (Å²) < 4.78 is 11.8. The molecule has 3 rings (SSSR count). The lowest BCUT2D eigenvalue weighted by Crippen LogP contribution is -2.44. The molecule has 1 aliphatic heterocycles. The Balaban J connectivity index is 1.76. The van der Waals surface area contributed by atoms with Crippen molar-refractivity contribution in [3.05, 3.63) is 58.3 Å². The van der Waals surface area contributed by atoms with Crippen molar-refractivity contribution in [1.82, 2.24) is 10.3 Å². The van der Waals surface area contributed by atoms with Crippen molar-refractivity contribution >= 4 is 39.5 Å². The second-order valence-corrected chi connectivity index (χ2v) is 9.26. The molecule has 0 radical (unpaired) electrons. The Morgan fingerprint density at radius 3 is 2.65 bits per heavy atom. The maximum Gasteiger partial charge on any atom is 0.413 e. The molecule has 0 aliphatic carbocycles. The van der Waals surface area contributed by atoms with Crippen molar-refractivity contribution < 1.29 is 19.1 Å². The number of nitrogens with zero attached hydrogens (tertiary/aromatic N) is 2. The number of pyridine rings is 1. The number of benzene rings is 1. The third-order valence-corrected chi connectivity index (χ3v) is 4.82. The van der Waals surface area contributed by atoms with E-state index in [0.717, 1.165) is 10.0 Å². The maximum atomic E-state index is 12.5. The summed E-state index contributed by atoms with van der Waals surface area (Å²) in [5, 5.41) is 5.50. The average molecular weight is 489 g/mol. The third-order valence-electron chi connectivity index (χ3n) is 4.35. The van der Waals surface area contributed by atoms with Crippen molar-refractivity contribution in [2.45, 2.75) is 38.8 Å². The second kappa shape index (κ2) is 9.15. The number of hydrogen-bond donors (Lipinski definition) is 2. The van der Waals surface area contributed by atoms with E-state index in [1.54, 1.807) is 45.2 Å². The van der Waals surface area contributed by atoms with Gasteiger partial charge in [-0.1, -0.05) is 12.1 Å². The van der Waals surface area contributed by atoms with Crippen LogP contribution in [0, 0.1) is 0 Å². The summed E-state index contributed by atoms with van der Waals surface area (Å²) in [7, 11) is 0. The Kier molecular flexibility index (Phi) is 6.76. The van der Waals surface area contributed by atoms with Gasteiger partial charge in [0, 0.05) is 16.4 Å². The lowest BCUT2D eigenvalue weighted by atomic mass is 9.92. The fourth-order valence-corrected chi connectivity index (χ4v) is 3.21. The molecule has 31 heavy (non-hydrogen) atoms. The van der Waals surface area contributed by atoms with Gasteiger partial charge in [0.15, 0.2) is 0 Å². The minimum absolute atomic E-state index is 0.181. The Hall–Kier alpha value is -2.78. The smallest absolute Gasteiger partial charge is 0.413 e. The number of rotatable bonds is 3. The van der Waals surface area contributed by atoms with Gasteiger partial charge in [-0.25, -0.2) is 9.78 Å². The summed E-state index contributed by atoms with van der Waals surface area (Å²) in [4.78, 5) is 33.4. The number of aliphatic imine (C=N–C) groups is 1. The van der Waals surface area contributed by atoms with Gasteiger partial charge >= 0.3 is 6.09 Å². The lowest BCUT2D eigenvalue weighted by molar-refractivity contribution is 0.0543. The number of aromatic nitrogens is 1. The molecule has 0 fully saturated rings. The van der Waals surface area contributed by atoms with Crippen LogP contribution in [-0.2, 0) is 15.0 Å². The van der Waals surface area contributed by atoms with Crippen molar-refractivity contribution in [3.63, 3.8) is 0 Å². The van der Waals surface area contributed by atoms with Crippen LogP contribution >= 0.6 is 15.9 Å². The van der Waals surface area contributed by atoms with E-state index in [1.807, 2.05) is 25.1 Å². The van der Waals surface area contributed by atoms with Gasteiger partial charge in [0.05, 0.1) is 6.61 Å². The minimum atomic E-state index is -0.737. The van der Waals surface area contributed by atoms with Crippen LogP contribution in [0.1, 0.15) is 43.7 Å². The molecule has 164 valence electrons. The van der Waals surface area contributed by atoms with Crippen molar-refractivity contribution in [1.29, 1.82) is 0 Å². The highest BCUT2D eigenvalue weighted by Gasteiger charge is 2.32. The van der Waals surface area contributed by atoms with Crippen LogP contribution in [0.15, 0.2) is 52.1 Å². The zero-order valence-electron chi connectivity index (χ0n) is 17.9. The Bertz CT molecular complexity index is 1000. The number of amides is 2. The number of amidine groups is 1. The van der Waals surface area contributed by atoms with Gasteiger partial charge in [0.1, 0.15) is 29.3 Å². The molecule has 1 aliphatic rings. The molecule has 2 amide bonds. The van der Waals surface area contributed by atoms with Crippen LogP contribution < -0.4 is 10.6 Å². The first kappa shape index (κ1) is 22.9. The highest BCUT2D eigenvalue weighted by Crippen LogP contribution is 2.30. The van der Waals surface area contributed by atoms with Gasteiger partial charge in [-0.3, -0.25) is 15.1 Å². The summed E-state index contributed by atoms with van der Waals surface area (Å²) in [5.74, 6) is 0.0713. The van der Waals surface area contributed by atoms with E-state index in [0.29, 0.717) is 23.8 Å². The van der Waals surface area contributed by atoms with Crippen LogP contribution in [0.5, 0.6) is 0 Å². The first-order valence-corrected chi connectivity index (χ1v) is 10.5. The highest BCUT2D eigenvalue weighted by atomic mass is 79.9. The van der Waals surface area contributed by atoms with E-state index in [4.69, 9.17) is 14.5 Å². The van der Waals surface area contributed by atoms with Gasteiger partial charge in [-0.2, -0.15) is 0 Å². The molecule has 0 unspecified atom stereocenters. The largest absolute Gasteiger partial charge is 0.444 e. The number of alkyl carbamates (subject to hydrolysis) is 1.